The third-order valence-electron chi connectivity index (χ3n) is 17.0. The highest BCUT2D eigenvalue weighted by molar-refractivity contribution is 7.98. The summed E-state index contributed by atoms with van der Waals surface area (Å²) in [6.45, 7) is 11.3. The average molecular weight is 1330 g/mol. The number of aliphatic carboxylic acids is 1. The highest BCUT2D eigenvalue weighted by Crippen LogP contribution is 2.24. The van der Waals surface area contributed by atoms with Crippen molar-refractivity contribution < 1.29 is 38.6 Å². The summed E-state index contributed by atoms with van der Waals surface area (Å²) in [5, 5.41) is 35.3. The minimum Gasteiger partial charge on any atom is -0.480 e. The van der Waals surface area contributed by atoms with Crippen molar-refractivity contribution in [1.82, 2.24) is 55.2 Å². The number of hydrogen-bond acceptors (Lipinski definition) is 15. The van der Waals surface area contributed by atoms with Crippen molar-refractivity contribution in [2.45, 2.75) is 117 Å². The van der Waals surface area contributed by atoms with Crippen LogP contribution in [0, 0.1) is 23.2 Å². The molecule has 20 nitrogen and oxygen atoms in total. The SMILES string of the molecule is CC[C@H](C)[C@@H](CN(CC(=O)N[C@@H](CCSC)C(=O)O)Cc1cccc2ccccc12)NC(=O)Cc1cncn1Cc1ccc(C#N)cc1.CC[C@H](C)[C@@H](CN(CC(=O)N[C@@H](CCSC)C(=O)OC)Cc1cccc2ccccc12)NC(=O)Cc1cncn1Cc1ccncc1. The zero-order valence-electron chi connectivity index (χ0n) is 55.5. The van der Waals surface area contributed by atoms with Gasteiger partial charge in [-0.05, 0) is 117 Å². The summed E-state index contributed by atoms with van der Waals surface area (Å²) in [6, 6.07) is 39.7. The summed E-state index contributed by atoms with van der Waals surface area (Å²) in [5.74, 6) is -0.840. The number of rotatable bonds is 36. The molecule has 5 aromatic carbocycles. The number of carbonyl (C=O) groups excluding carboxylic acids is 5. The maximum absolute atomic E-state index is 13.5. The zero-order valence-corrected chi connectivity index (χ0v) is 57.1. The van der Waals surface area contributed by atoms with E-state index in [4.69, 9.17) is 10.00 Å². The molecule has 3 aromatic heterocycles. The van der Waals surface area contributed by atoms with Gasteiger partial charge < -0.3 is 40.2 Å². The number of amides is 4. The number of carbonyl (C=O) groups is 6. The van der Waals surface area contributed by atoms with Gasteiger partial charge in [0.25, 0.3) is 0 Å². The van der Waals surface area contributed by atoms with E-state index in [2.05, 4.69) is 105 Å². The van der Waals surface area contributed by atoms with Crippen molar-refractivity contribution in [1.29, 1.82) is 5.26 Å². The molecule has 8 aromatic rings. The van der Waals surface area contributed by atoms with Gasteiger partial charge in [-0.25, -0.2) is 19.6 Å². The molecule has 0 bridgehead atoms. The molecule has 0 fully saturated rings. The Labute approximate surface area is 566 Å². The second-order valence-corrected chi connectivity index (χ2v) is 25.9. The van der Waals surface area contributed by atoms with E-state index in [1.807, 2.05) is 105 Å². The number of carboxylic acid groups (broad SMARTS) is 1. The van der Waals surface area contributed by atoms with Crippen LogP contribution in [0.1, 0.15) is 92.6 Å². The minimum atomic E-state index is -1.05. The minimum absolute atomic E-state index is 0.0214. The number of nitrogens with one attached hydrogen (secondary N) is 4. The van der Waals surface area contributed by atoms with Gasteiger partial charge >= 0.3 is 11.9 Å². The predicted octanol–water partition coefficient (Wildman–Crippen LogP) is 9.32. The number of nitrogens with zero attached hydrogens (tertiary/aromatic N) is 8. The Morgan fingerprint density at radius 1 is 0.579 bits per heavy atom. The zero-order chi connectivity index (χ0) is 68.1. The number of aromatic nitrogens is 5. The van der Waals surface area contributed by atoms with E-state index < -0.39 is 24.0 Å². The molecule has 0 aliphatic carbocycles. The normalized spacial score (nSPS) is 13.1. The Hall–Kier alpha value is -8.88. The summed E-state index contributed by atoms with van der Waals surface area (Å²) in [6.07, 6.45) is 17.0. The van der Waals surface area contributed by atoms with Gasteiger partial charge in [0.15, 0.2) is 0 Å². The first-order valence-electron chi connectivity index (χ1n) is 32.2. The van der Waals surface area contributed by atoms with Gasteiger partial charge in [0, 0.05) is 87.5 Å². The number of nitriles is 1. The number of fused-ring (bicyclic) bond motifs is 2. The fourth-order valence-corrected chi connectivity index (χ4v) is 12.2. The van der Waals surface area contributed by atoms with Crippen LogP contribution < -0.4 is 21.3 Å². The van der Waals surface area contributed by atoms with Gasteiger partial charge in [-0.15, -0.1) is 0 Å². The number of ether oxygens (including phenoxy) is 1. The lowest BCUT2D eigenvalue weighted by Crippen LogP contribution is -2.51. The van der Waals surface area contributed by atoms with Crippen molar-refractivity contribution in [2.75, 3.05) is 57.3 Å². The van der Waals surface area contributed by atoms with Gasteiger partial charge in [-0.3, -0.25) is 34.0 Å². The Morgan fingerprint density at radius 3 is 1.46 bits per heavy atom. The quantitative estimate of drug-likeness (QED) is 0.0229. The summed E-state index contributed by atoms with van der Waals surface area (Å²) in [7, 11) is 1.33. The molecule has 4 amide bonds. The maximum Gasteiger partial charge on any atom is 0.328 e. The number of carboxylic acids is 1. The van der Waals surface area contributed by atoms with Crippen molar-refractivity contribution in [2.24, 2.45) is 11.8 Å². The molecule has 22 heteroatoms. The largest absolute Gasteiger partial charge is 0.480 e. The molecule has 0 saturated carbocycles. The monoisotopic (exact) mass is 1330 g/mol. The number of hydrogen-bond donors (Lipinski definition) is 5. The molecule has 502 valence electrons. The van der Waals surface area contributed by atoms with E-state index in [-0.39, 0.29) is 73.5 Å². The molecular formula is C73H90N12O8S2. The smallest absolute Gasteiger partial charge is 0.328 e. The summed E-state index contributed by atoms with van der Waals surface area (Å²) in [4.78, 5) is 94.9. The second kappa shape index (κ2) is 38.5. The fraction of sp³-hybridized carbons (Fsp3) is 0.397. The molecule has 0 radical (unpaired) electrons. The van der Waals surface area contributed by atoms with Crippen LogP contribution in [-0.4, -0.2) is 156 Å². The molecule has 0 aliphatic rings. The Balaban J connectivity index is 0.000000269. The number of methoxy groups -OCH3 is 1. The number of thioether (sulfide) groups is 2. The van der Waals surface area contributed by atoms with Crippen LogP contribution in [0.2, 0.25) is 0 Å². The molecule has 0 saturated heterocycles. The van der Waals surface area contributed by atoms with Crippen LogP contribution in [0.3, 0.4) is 0 Å². The Bertz CT molecular complexity index is 3790. The highest BCUT2D eigenvalue weighted by atomic mass is 32.2. The van der Waals surface area contributed by atoms with Crippen LogP contribution in [0.5, 0.6) is 0 Å². The van der Waals surface area contributed by atoms with Crippen molar-refractivity contribution in [3.05, 3.63) is 198 Å². The highest BCUT2D eigenvalue weighted by Gasteiger charge is 2.29. The number of benzene rings is 5. The number of pyridine rings is 1. The third-order valence-corrected chi connectivity index (χ3v) is 18.3. The van der Waals surface area contributed by atoms with E-state index >= 15 is 0 Å². The Morgan fingerprint density at radius 2 is 1.02 bits per heavy atom. The lowest BCUT2D eigenvalue weighted by Gasteiger charge is -2.32. The van der Waals surface area contributed by atoms with E-state index in [1.54, 1.807) is 61.3 Å². The topological polar surface area (TPSA) is 259 Å². The molecule has 0 spiro atoms. The van der Waals surface area contributed by atoms with Crippen molar-refractivity contribution in [3.8, 4) is 6.07 Å². The molecule has 0 aliphatic heterocycles. The lowest BCUT2D eigenvalue weighted by atomic mass is 9.97. The van der Waals surface area contributed by atoms with Crippen LogP contribution in [0.4, 0.5) is 0 Å². The van der Waals surface area contributed by atoms with Gasteiger partial charge in [0.1, 0.15) is 12.1 Å². The number of imidazole rings is 2. The molecule has 5 N–H and O–H groups in total. The first-order valence-corrected chi connectivity index (χ1v) is 35.0. The summed E-state index contributed by atoms with van der Waals surface area (Å²) < 4.78 is 8.86. The molecule has 95 heavy (non-hydrogen) atoms. The Kier molecular flexibility index (Phi) is 29.8. The molecule has 3 heterocycles. The van der Waals surface area contributed by atoms with E-state index in [0.717, 1.165) is 68.0 Å². The maximum atomic E-state index is 13.5. The lowest BCUT2D eigenvalue weighted by molar-refractivity contribution is -0.145. The summed E-state index contributed by atoms with van der Waals surface area (Å²) >= 11 is 3.14. The molecule has 0 unspecified atom stereocenters. The van der Waals surface area contributed by atoms with Crippen molar-refractivity contribution >= 4 is 80.6 Å². The average Bonchev–Trinajstić information content (AvgIpc) is 1.44. The molecule has 8 rings (SSSR count). The predicted molar refractivity (Wildman–Crippen MR) is 376 cm³/mol. The second-order valence-electron chi connectivity index (χ2n) is 23.9. The van der Waals surface area contributed by atoms with E-state index in [9.17, 15) is 33.9 Å². The van der Waals surface area contributed by atoms with Gasteiger partial charge in [0.2, 0.25) is 23.6 Å². The van der Waals surface area contributed by atoms with Gasteiger partial charge in [-0.2, -0.15) is 28.8 Å². The van der Waals surface area contributed by atoms with Gasteiger partial charge in [0.05, 0.1) is 57.3 Å². The van der Waals surface area contributed by atoms with Crippen LogP contribution >= 0.6 is 23.5 Å². The standard InChI is InChI=1S/C37H44N6O4S.C36H46N6O4S/c1-4-26(2)34(41-35(44)18-31-20-39-25-43(31)21-28-14-12-27(19-38)13-15-28)23-42(24-36(45)40-33(37(46)47)16-17-48-3)22-30-10-7-9-29-8-5-6-11-32(29)30;1-5-26(2)33(40-34(43)19-30-20-38-25-42(30)21-27-13-16-37-17-14-27)23-41(22-29-11-8-10-28-9-6-7-12-31(28)29)24-35(44)39-32(15-18-47-4)36(45)46-3/h5-15,20,25-26,33-34H,4,16-18,21-24H2,1-3H3,(H,40,45)(H,41,44)(H,46,47);6-14,16-17,20,25-26,32-33H,5,15,18-19,21-24H2,1-4H3,(H,39,44)(H,40,43)/t26-,33-,34+;26-,32-,33+/m00/s1. The molecule has 6 atom stereocenters. The third kappa shape index (κ3) is 23.2. The van der Waals surface area contributed by atoms with Crippen LogP contribution in [0.25, 0.3) is 21.5 Å². The summed E-state index contributed by atoms with van der Waals surface area (Å²) in [5.41, 5.74) is 6.35. The first kappa shape index (κ1) is 73.5. The van der Waals surface area contributed by atoms with E-state index in [0.29, 0.717) is 69.2 Å². The van der Waals surface area contributed by atoms with Crippen molar-refractivity contribution in [3.63, 3.8) is 0 Å². The number of esters is 1. The first-order chi connectivity index (χ1) is 46.0. The van der Waals surface area contributed by atoms with Crippen LogP contribution in [0.15, 0.2) is 159 Å². The van der Waals surface area contributed by atoms with Crippen LogP contribution in [-0.2, 0) is 72.5 Å². The van der Waals surface area contributed by atoms with E-state index in [1.165, 1.54) is 18.9 Å². The molecular weight excluding hydrogens is 1240 g/mol. The van der Waals surface area contributed by atoms with Gasteiger partial charge in [-0.1, -0.05) is 138 Å². The fourth-order valence-electron chi connectivity index (χ4n) is 11.3.